The van der Waals surface area contributed by atoms with E-state index >= 15 is 0 Å². The third-order valence-electron chi connectivity index (χ3n) is 5.66. The molecule has 0 radical (unpaired) electrons. The molecule has 0 bridgehead atoms. The summed E-state index contributed by atoms with van der Waals surface area (Å²) in [5, 5.41) is 0. The molecule has 1 heterocycles. The zero-order valence-corrected chi connectivity index (χ0v) is 16.6. The third-order valence-corrected chi connectivity index (χ3v) is 7.10. The summed E-state index contributed by atoms with van der Waals surface area (Å²) >= 11 is 0. The van der Waals surface area contributed by atoms with Crippen molar-refractivity contribution in [1.29, 1.82) is 0 Å². The standard InChI is InChI=1S/C20H32N2O3S/c1-2-15-25-19-7-9-20(10-8-19)26(23,24)21-16-17-11-13-22(14-12-17)18-5-3-4-6-18/h7-10,17-18,21H,2-6,11-16H2,1H3. The van der Waals surface area contributed by atoms with Crippen molar-refractivity contribution < 1.29 is 13.2 Å². The molecule has 0 amide bonds. The Hall–Kier alpha value is -1.11. The maximum Gasteiger partial charge on any atom is 0.240 e. The summed E-state index contributed by atoms with van der Waals surface area (Å²) in [6, 6.07) is 7.47. The molecule has 0 spiro atoms. The maximum atomic E-state index is 12.5. The normalized spacial score (nSPS) is 20.5. The van der Waals surface area contributed by atoms with Gasteiger partial charge in [-0.1, -0.05) is 19.8 Å². The lowest BCUT2D eigenvalue weighted by Gasteiger charge is -2.36. The van der Waals surface area contributed by atoms with Crippen molar-refractivity contribution in [2.24, 2.45) is 5.92 Å². The van der Waals surface area contributed by atoms with Gasteiger partial charge in [-0.3, -0.25) is 0 Å². The summed E-state index contributed by atoms with van der Waals surface area (Å²) in [6.07, 6.45) is 8.52. The fraction of sp³-hybridized carbons (Fsp3) is 0.700. The molecule has 6 heteroatoms. The van der Waals surface area contributed by atoms with Gasteiger partial charge in [-0.05, 0) is 75.4 Å². The smallest absolute Gasteiger partial charge is 0.240 e. The molecule has 0 atom stereocenters. The predicted molar refractivity (Wildman–Crippen MR) is 104 cm³/mol. The average molecular weight is 381 g/mol. The molecule has 146 valence electrons. The van der Waals surface area contributed by atoms with E-state index < -0.39 is 10.0 Å². The van der Waals surface area contributed by atoms with Gasteiger partial charge in [0.2, 0.25) is 10.0 Å². The van der Waals surface area contributed by atoms with Crippen molar-refractivity contribution in [3.8, 4) is 5.75 Å². The summed E-state index contributed by atoms with van der Waals surface area (Å²) in [5.41, 5.74) is 0. The number of piperidine rings is 1. The molecule has 3 rings (SSSR count). The molecule has 0 aromatic heterocycles. The van der Waals surface area contributed by atoms with Gasteiger partial charge in [0.05, 0.1) is 11.5 Å². The SMILES string of the molecule is CCCOc1ccc(S(=O)(=O)NCC2CCN(C3CCCC3)CC2)cc1. The monoisotopic (exact) mass is 380 g/mol. The minimum atomic E-state index is -3.45. The van der Waals surface area contributed by atoms with E-state index in [4.69, 9.17) is 4.74 Å². The fourth-order valence-electron chi connectivity index (χ4n) is 4.04. The van der Waals surface area contributed by atoms with Gasteiger partial charge in [0.15, 0.2) is 0 Å². The van der Waals surface area contributed by atoms with Crippen LogP contribution in [-0.4, -0.2) is 45.6 Å². The Labute approximate surface area is 158 Å². The third kappa shape index (κ3) is 5.21. The number of hydrogen-bond acceptors (Lipinski definition) is 4. The highest BCUT2D eigenvalue weighted by Crippen LogP contribution is 2.27. The second-order valence-electron chi connectivity index (χ2n) is 7.59. The first-order valence-corrected chi connectivity index (χ1v) is 11.5. The van der Waals surface area contributed by atoms with Crippen LogP contribution in [0.15, 0.2) is 29.2 Å². The molecule has 5 nitrogen and oxygen atoms in total. The second kappa shape index (κ2) is 9.20. The van der Waals surface area contributed by atoms with Gasteiger partial charge in [-0.25, -0.2) is 13.1 Å². The maximum absolute atomic E-state index is 12.5. The molecule has 1 saturated carbocycles. The van der Waals surface area contributed by atoms with Crippen LogP contribution in [0.4, 0.5) is 0 Å². The Bertz CT molecular complexity index is 646. The minimum absolute atomic E-state index is 0.310. The summed E-state index contributed by atoms with van der Waals surface area (Å²) < 4.78 is 33.3. The highest BCUT2D eigenvalue weighted by Gasteiger charge is 2.27. The number of nitrogens with zero attached hydrogens (tertiary/aromatic N) is 1. The van der Waals surface area contributed by atoms with E-state index in [9.17, 15) is 8.42 Å². The molecule has 1 aromatic carbocycles. The van der Waals surface area contributed by atoms with Crippen LogP contribution < -0.4 is 9.46 Å². The zero-order valence-electron chi connectivity index (χ0n) is 15.8. The van der Waals surface area contributed by atoms with Crippen LogP contribution in [0, 0.1) is 5.92 Å². The van der Waals surface area contributed by atoms with Gasteiger partial charge >= 0.3 is 0 Å². The number of hydrogen-bond donors (Lipinski definition) is 1. The van der Waals surface area contributed by atoms with Crippen molar-refractivity contribution in [3.63, 3.8) is 0 Å². The second-order valence-corrected chi connectivity index (χ2v) is 9.36. The molecule has 1 aliphatic heterocycles. The fourth-order valence-corrected chi connectivity index (χ4v) is 5.15. The van der Waals surface area contributed by atoms with Crippen molar-refractivity contribution in [2.45, 2.75) is 62.8 Å². The first-order chi connectivity index (χ1) is 12.6. The molecule has 0 unspecified atom stereocenters. The van der Waals surface area contributed by atoms with Gasteiger partial charge in [0, 0.05) is 12.6 Å². The van der Waals surface area contributed by atoms with Crippen molar-refractivity contribution in [3.05, 3.63) is 24.3 Å². The number of benzene rings is 1. The summed E-state index contributed by atoms with van der Waals surface area (Å²) in [5.74, 6) is 1.15. The number of sulfonamides is 1. The van der Waals surface area contributed by atoms with Crippen LogP contribution in [0.5, 0.6) is 5.75 Å². The summed E-state index contributed by atoms with van der Waals surface area (Å²) in [6.45, 7) is 5.45. The largest absolute Gasteiger partial charge is 0.494 e. The van der Waals surface area contributed by atoms with E-state index in [0.717, 1.165) is 38.4 Å². The minimum Gasteiger partial charge on any atom is -0.494 e. The van der Waals surface area contributed by atoms with Crippen molar-refractivity contribution in [2.75, 3.05) is 26.2 Å². The summed E-state index contributed by atoms with van der Waals surface area (Å²) in [7, 11) is -3.45. The first kappa shape index (κ1) is 19.6. The Kier molecular flexibility index (Phi) is 6.95. The van der Waals surface area contributed by atoms with Gasteiger partial charge in [0.1, 0.15) is 5.75 Å². The van der Waals surface area contributed by atoms with E-state index in [1.54, 1.807) is 24.3 Å². The van der Waals surface area contributed by atoms with Crippen LogP contribution in [0.1, 0.15) is 51.9 Å². The molecule has 2 fully saturated rings. The lowest BCUT2D eigenvalue weighted by molar-refractivity contribution is 0.135. The molecule has 2 aliphatic rings. The average Bonchev–Trinajstić information content (AvgIpc) is 3.20. The van der Waals surface area contributed by atoms with E-state index in [-0.39, 0.29) is 0 Å². The van der Waals surface area contributed by atoms with Crippen LogP contribution >= 0.6 is 0 Å². The predicted octanol–water partition coefficient (Wildman–Crippen LogP) is 3.41. The molecule has 1 aromatic rings. The summed E-state index contributed by atoms with van der Waals surface area (Å²) in [4.78, 5) is 2.93. The highest BCUT2D eigenvalue weighted by molar-refractivity contribution is 7.89. The van der Waals surface area contributed by atoms with Crippen molar-refractivity contribution in [1.82, 2.24) is 9.62 Å². The molecule has 1 aliphatic carbocycles. The van der Waals surface area contributed by atoms with Gasteiger partial charge < -0.3 is 9.64 Å². The van der Waals surface area contributed by atoms with Crippen molar-refractivity contribution >= 4 is 10.0 Å². The van der Waals surface area contributed by atoms with Crippen LogP contribution in [-0.2, 0) is 10.0 Å². The zero-order chi connectivity index (χ0) is 18.4. The first-order valence-electron chi connectivity index (χ1n) is 10.0. The molecule has 1 saturated heterocycles. The van der Waals surface area contributed by atoms with E-state index in [2.05, 4.69) is 9.62 Å². The Morgan fingerprint density at radius 3 is 2.35 bits per heavy atom. The lowest BCUT2D eigenvalue weighted by atomic mass is 9.96. The lowest BCUT2D eigenvalue weighted by Crippen LogP contribution is -2.42. The number of nitrogens with one attached hydrogen (secondary N) is 1. The topological polar surface area (TPSA) is 58.6 Å². The van der Waals surface area contributed by atoms with Crippen LogP contribution in [0.3, 0.4) is 0 Å². The number of likely N-dealkylation sites (tertiary alicyclic amines) is 1. The van der Waals surface area contributed by atoms with E-state index in [1.807, 2.05) is 6.92 Å². The van der Waals surface area contributed by atoms with Crippen LogP contribution in [0.2, 0.25) is 0 Å². The Morgan fingerprint density at radius 1 is 1.08 bits per heavy atom. The highest BCUT2D eigenvalue weighted by atomic mass is 32.2. The number of ether oxygens (including phenoxy) is 1. The van der Waals surface area contributed by atoms with Gasteiger partial charge in [-0.15, -0.1) is 0 Å². The molecular weight excluding hydrogens is 348 g/mol. The quantitative estimate of drug-likeness (QED) is 0.751. The van der Waals surface area contributed by atoms with Gasteiger partial charge in [-0.2, -0.15) is 0 Å². The molecule has 26 heavy (non-hydrogen) atoms. The number of rotatable bonds is 8. The van der Waals surface area contributed by atoms with Crippen LogP contribution in [0.25, 0.3) is 0 Å². The molecular formula is C20H32N2O3S. The Morgan fingerprint density at radius 2 is 1.73 bits per heavy atom. The van der Waals surface area contributed by atoms with E-state index in [0.29, 0.717) is 29.7 Å². The molecule has 1 N–H and O–H groups in total. The Balaban J connectivity index is 1.46. The van der Waals surface area contributed by atoms with E-state index in [1.165, 1.54) is 25.7 Å². The van der Waals surface area contributed by atoms with Gasteiger partial charge in [0.25, 0.3) is 0 Å².